The van der Waals surface area contributed by atoms with Gasteiger partial charge in [0.1, 0.15) is 5.76 Å². The van der Waals surface area contributed by atoms with Gasteiger partial charge in [0.2, 0.25) is 0 Å². The summed E-state index contributed by atoms with van der Waals surface area (Å²) in [5.74, 6) is 1.02. The Morgan fingerprint density at radius 3 is 3.05 bits per heavy atom. The van der Waals surface area contributed by atoms with Gasteiger partial charge >= 0.3 is 0 Å². The molecule has 1 aliphatic heterocycles. The highest BCUT2D eigenvalue weighted by Crippen LogP contribution is 2.19. The molecule has 0 amide bonds. The molecule has 21 heavy (non-hydrogen) atoms. The summed E-state index contributed by atoms with van der Waals surface area (Å²) < 4.78 is 13.5. The van der Waals surface area contributed by atoms with Gasteiger partial charge in [0.15, 0.2) is 0 Å². The highest BCUT2D eigenvalue weighted by atomic mass is 16.5. The molecule has 2 aromatic heterocycles. The summed E-state index contributed by atoms with van der Waals surface area (Å²) in [6.07, 6.45) is 5.05. The number of hydrogen-bond donors (Lipinski definition) is 0. The van der Waals surface area contributed by atoms with Gasteiger partial charge in [-0.1, -0.05) is 0 Å². The van der Waals surface area contributed by atoms with E-state index < -0.39 is 0 Å². The predicted octanol–water partition coefficient (Wildman–Crippen LogP) is 2.81. The Morgan fingerprint density at radius 1 is 1.38 bits per heavy atom. The highest BCUT2D eigenvalue weighted by Gasteiger charge is 2.19. The second kappa shape index (κ2) is 6.45. The zero-order valence-corrected chi connectivity index (χ0v) is 12.8. The molecule has 0 saturated heterocycles. The van der Waals surface area contributed by atoms with Gasteiger partial charge in [-0.15, -0.1) is 0 Å². The minimum atomic E-state index is 0.229. The Bertz CT molecular complexity index is 560. The number of rotatable bonds is 5. The van der Waals surface area contributed by atoms with Crippen LogP contribution in [-0.2, 0) is 31.0 Å². The molecule has 0 bridgehead atoms. The number of furan rings is 1. The molecule has 1 aliphatic rings. The van der Waals surface area contributed by atoms with E-state index >= 15 is 0 Å². The molecule has 3 rings (SSSR count). The molecule has 0 spiro atoms. The van der Waals surface area contributed by atoms with Crippen LogP contribution in [0.3, 0.4) is 0 Å². The van der Waals surface area contributed by atoms with E-state index in [0.717, 1.165) is 44.1 Å². The van der Waals surface area contributed by atoms with Crippen LogP contribution in [0.2, 0.25) is 0 Å². The van der Waals surface area contributed by atoms with Gasteiger partial charge in [0.25, 0.3) is 0 Å². The SMILES string of the molecule is CC(C)OCc1ncn2c1CN(Cc1ccco1)CCC2. The van der Waals surface area contributed by atoms with E-state index in [2.05, 4.69) is 28.3 Å². The van der Waals surface area contributed by atoms with E-state index in [4.69, 9.17) is 9.15 Å². The summed E-state index contributed by atoms with van der Waals surface area (Å²) >= 11 is 0. The Labute approximate surface area is 125 Å². The number of fused-ring (bicyclic) bond motifs is 1. The molecule has 2 aromatic rings. The normalized spacial score (nSPS) is 16.1. The zero-order valence-electron chi connectivity index (χ0n) is 12.8. The molecule has 0 aliphatic carbocycles. The molecule has 0 N–H and O–H groups in total. The minimum absolute atomic E-state index is 0.229. The van der Waals surface area contributed by atoms with Crippen LogP contribution in [0.15, 0.2) is 29.1 Å². The second-order valence-corrected chi connectivity index (χ2v) is 5.83. The third kappa shape index (κ3) is 3.54. The van der Waals surface area contributed by atoms with Crippen molar-refractivity contribution in [2.24, 2.45) is 0 Å². The van der Waals surface area contributed by atoms with E-state index in [-0.39, 0.29) is 6.10 Å². The van der Waals surface area contributed by atoms with Crippen LogP contribution in [0.25, 0.3) is 0 Å². The number of aromatic nitrogens is 2. The van der Waals surface area contributed by atoms with Crippen LogP contribution in [0.1, 0.15) is 37.4 Å². The predicted molar refractivity (Wildman–Crippen MR) is 79.6 cm³/mol. The minimum Gasteiger partial charge on any atom is -0.468 e. The van der Waals surface area contributed by atoms with Crippen molar-refractivity contribution in [3.05, 3.63) is 41.9 Å². The molecule has 0 atom stereocenters. The van der Waals surface area contributed by atoms with E-state index in [1.54, 1.807) is 6.26 Å². The fraction of sp³-hybridized carbons (Fsp3) is 0.562. The molecule has 0 aromatic carbocycles. The van der Waals surface area contributed by atoms with Crippen molar-refractivity contribution < 1.29 is 9.15 Å². The summed E-state index contributed by atoms with van der Waals surface area (Å²) in [4.78, 5) is 6.95. The number of nitrogens with zero attached hydrogens (tertiary/aromatic N) is 3. The van der Waals surface area contributed by atoms with Crippen molar-refractivity contribution in [3.63, 3.8) is 0 Å². The molecule has 0 radical (unpaired) electrons. The van der Waals surface area contributed by atoms with Gasteiger partial charge in [-0.05, 0) is 32.4 Å². The van der Waals surface area contributed by atoms with Crippen molar-refractivity contribution in [3.8, 4) is 0 Å². The summed E-state index contributed by atoms with van der Waals surface area (Å²) in [7, 11) is 0. The molecule has 5 heteroatoms. The Kier molecular flexibility index (Phi) is 4.41. The molecular formula is C16H23N3O2. The van der Waals surface area contributed by atoms with Crippen LogP contribution < -0.4 is 0 Å². The summed E-state index contributed by atoms with van der Waals surface area (Å²) in [5.41, 5.74) is 2.34. The lowest BCUT2D eigenvalue weighted by molar-refractivity contribution is 0.0628. The molecule has 0 fully saturated rings. The quantitative estimate of drug-likeness (QED) is 0.849. The van der Waals surface area contributed by atoms with Crippen molar-refractivity contribution in [2.45, 2.75) is 52.6 Å². The Hall–Kier alpha value is -1.59. The smallest absolute Gasteiger partial charge is 0.117 e. The van der Waals surface area contributed by atoms with Crippen molar-refractivity contribution in [1.29, 1.82) is 0 Å². The maximum absolute atomic E-state index is 5.72. The third-order valence-corrected chi connectivity index (χ3v) is 3.79. The molecule has 114 valence electrons. The van der Waals surface area contributed by atoms with Crippen LogP contribution in [0.5, 0.6) is 0 Å². The van der Waals surface area contributed by atoms with E-state index in [1.807, 2.05) is 18.5 Å². The lowest BCUT2D eigenvalue weighted by Gasteiger charge is -2.18. The maximum Gasteiger partial charge on any atom is 0.117 e. The van der Waals surface area contributed by atoms with Crippen molar-refractivity contribution in [1.82, 2.24) is 14.5 Å². The van der Waals surface area contributed by atoms with Crippen molar-refractivity contribution in [2.75, 3.05) is 6.54 Å². The molecular weight excluding hydrogens is 266 g/mol. The van der Waals surface area contributed by atoms with Crippen LogP contribution in [-0.4, -0.2) is 27.1 Å². The Morgan fingerprint density at radius 2 is 2.29 bits per heavy atom. The topological polar surface area (TPSA) is 43.4 Å². The zero-order chi connectivity index (χ0) is 14.7. The van der Waals surface area contributed by atoms with Gasteiger partial charge in [0.05, 0.1) is 43.2 Å². The molecule has 0 saturated carbocycles. The van der Waals surface area contributed by atoms with Gasteiger partial charge in [-0.2, -0.15) is 0 Å². The second-order valence-electron chi connectivity index (χ2n) is 5.83. The summed E-state index contributed by atoms with van der Waals surface area (Å²) in [6.45, 7) is 8.55. The van der Waals surface area contributed by atoms with Crippen LogP contribution >= 0.6 is 0 Å². The van der Waals surface area contributed by atoms with Gasteiger partial charge in [-0.3, -0.25) is 4.90 Å². The van der Waals surface area contributed by atoms with E-state index in [1.165, 1.54) is 5.69 Å². The first kappa shape index (κ1) is 14.4. The maximum atomic E-state index is 5.72. The fourth-order valence-electron chi connectivity index (χ4n) is 2.70. The van der Waals surface area contributed by atoms with Crippen LogP contribution in [0, 0.1) is 0 Å². The average Bonchev–Trinajstić information content (AvgIpc) is 3.03. The van der Waals surface area contributed by atoms with Gasteiger partial charge < -0.3 is 13.7 Å². The molecule has 5 nitrogen and oxygen atoms in total. The van der Waals surface area contributed by atoms with Crippen LogP contribution in [0.4, 0.5) is 0 Å². The van der Waals surface area contributed by atoms with E-state index in [9.17, 15) is 0 Å². The number of ether oxygens (including phenoxy) is 1. The lowest BCUT2D eigenvalue weighted by atomic mass is 10.3. The average molecular weight is 289 g/mol. The van der Waals surface area contributed by atoms with Gasteiger partial charge in [-0.25, -0.2) is 4.98 Å². The van der Waals surface area contributed by atoms with Crippen molar-refractivity contribution >= 4 is 0 Å². The lowest BCUT2D eigenvalue weighted by Crippen LogP contribution is -2.23. The van der Waals surface area contributed by atoms with E-state index in [0.29, 0.717) is 6.61 Å². The number of hydrogen-bond acceptors (Lipinski definition) is 4. The molecule has 0 unspecified atom stereocenters. The number of imidazole rings is 1. The summed E-state index contributed by atoms with van der Waals surface area (Å²) in [6, 6.07) is 3.98. The number of aryl methyl sites for hydroxylation is 1. The fourth-order valence-corrected chi connectivity index (χ4v) is 2.70. The first-order valence-corrected chi connectivity index (χ1v) is 7.61. The molecule has 3 heterocycles. The first-order chi connectivity index (χ1) is 10.2. The largest absolute Gasteiger partial charge is 0.468 e. The van der Waals surface area contributed by atoms with Gasteiger partial charge in [0, 0.05) is 19.6 Å². The third-order valence-electron chi connectivity index (χ3n) is 3.79. The summed E-state index contributed by atoms with van der Waals surface area (Å²) in [5, 5.41) is 0. The monoisotopic (exact) mass is 289 g/mol. The standard InChI is InChI=1S/C16H23N3O2/c1-13(2)21-11-15-16-10-18(9-14-5-3-8-20-14)6-4-7-19(16)12-17-15/h3,5,8,12-13H,4,6-7,9-11H2,1-2H3. The first-order valence-electron chi connectivity index (χ1n) is 7.61. The Balaban J connectivity index is 1.72. The highest BCUT2D eigenvalue weighted by molar-refractivity contribution is 5.14.